The molecule has 1 aliphatic rings. The first-order chi connectivity index (χ1) is 8.65. The minimum Gasteiger partial charge on any atom is -0.467 e. The first kappa shape index (κ1) is 12.8. The Hall–Kier alpha value is -1.63. The van der Waals surface area contributed by atoms with Gasteiger partial charge in [0.15, 0.2) is 0 Å². The number of nitrogens with two attached hydrogens (primary N) is 1. The molecule has 3 N–H and O–H groups in total. The summed E-state index contributed by atoms with van der Waals surface area (Å²) < 4.78 is 5.07. The number of hydrazine groups is 1. The van der Waals surface area contributed by atoms with Crippen LogP contribution in [0, 0.1) is 5.92 Å². The zero-order valence-electron chi connectivity index (χ0n) is 11.1. The summed E-state index contributed by atoms with van der Waals surface area (Å²) in [6.45, 7) is 5.38. The van der Waals surface area contributed by atoms with Crippen molar-refractivity contribution in [2.24, 2.45) is 11.8 Å². The Kier molecular flexibility index (Phi) is 3.81. The van der Waals surface area contributed by atoms with Gasteiger partial charge in [-0.1, -0.05) is 13.8 Å². The van der Waals surface area contributed by atoms with E-state index in [9.17, 15) is 0 Å². The molecule has 1 atom stereocenters. The maximum absolute atomic E-state index is 5.36. The molecule has 1 aliphatic heterocycles. The summed E-state index contributed by atoms with van der Waals surface area (Å²) in [4.78, 5) is 14.8. The summed E-state index contributed by atoms with van der Waals surface area (Å²) in [6, 6.07) is 0.741. The number of methoxy groups -OCH3 is 1. The van der Waals surface area contributed by atoms with Crippen LogP contribution in [-0.2, 0) is 0 Å². The van der Waals surface area contributed by atoms with Crippen LogP contribution >= 0.6 is 0 Å². The van der Waals surface area contributed by atoms with Crippen molar-refractivity contribution in [1.82, 2.24) is 15.0 Å². The van der Waals surface area contributed by atoms with Gasteiger partial charge in [-0.2, -0.15) is 15.0 Å². The Bertz CT molecular complexity index is 388. The van der Waals surface area contributed by atoms with E-state index in [1.807, 2.05) is 0 Å². The van der Waals surface area contributed by atoms with Gasteiger partial charge in [0.25, 0.3) is 0 Å². The number of aromatic nitrogens is 3. The summed E-state index contributed by atoms with van der Waals surface area (Å²) in [5.41, 5.74) is 2.44. The lowest BCUT2D eigenvalue weighted by Crippen LogP contribution is -2.35. The lowest BCUT2D eigenvalue weighted by molar-refractivity contribution is 0.377. The molecule has 0 aliphatic carbocycles. The largest absolute Gasteiger partial charge is 0.467 e. The maximum atomic E-state index is 5.36. The minimum atomic E-state index is 0.280. The molecule has 0 aromatic carbocycles. The molecule has 0 radical (unpaired) electrons. The summed E-state index contributed by atoms with van der Waals surface area (Å²) in [5, 5.41) is 0. The van der Waals surface area contributed by atoms with Crippen LogP contribution in [0.15, 0.2) is 0 Å². The molecule has 1 fully saturated rings. The highest BCUT2D eigenvalue weighted by atomic mass is 16.5. The Balaban J connectivity index is 2.31. The van der Waals surface area contributed by atoms with E-state index in [1.54, 1.807) is 0 Å². The topological polar surface area (TPSA) is 89.2 Å². The Morgan fingerprint density at radius 3 is 2.78 bits per heavy atom. The van der Waals surface area contributed by atoms with E-state index in [2.05, 4.69) is 39.1 Å². The van der Waals surface area contributed by atoms with Crippen LogP contribution in [-0.4, -0.2) is 34.6 Å². The number of nitrogen functional groups attached to an aromatic ring is 1. The summed E-state index contributed by atoms with van der Waals surface area (Å²) in [6.07, 6.45) is 2.32. The third kappa shape index (κ3) is 2.45. The van der Waals surface area contributed by atoms with Gasteiger partial charge in [0.2, 0.25) is 11.9 Å². The fourth-order valence-corrected chi connectivity index (χ4v) is 2.36. The monoisotopic (exact) mass is 252 g/mol. The lowest BCUT2D eigenvalue weighted by atomic mass is 10.0. The van der Waals surface area contributed by atoms with Crippen LogP contribution in [0.3, 0.4) is 0 Å². The molecular weight excluding hydrogens is 232 g/mol. The second-order valence-corrected chi connectivity index (χ2v) is 4.74. The van der Waals surface area contributed by atoms with Gasteiger partial charge in [-0.3, -0.25) is 5.43 Å². The number of nitrogens with one attached hydrogen (secondary N) is 1. The van der Waals surface area contributed by atoms with Crippen molar-refractivity contribution >= 4 is 11.9 Å². The SMILES string of the molecule is COc1nc(NN)nc(N2CCCC2C(C)C)n1. The molecule has 0 spiro atoms. The zero-order chi connectivity index (χ0) is 13.1. The van der Waals surface area contributed by atoms with Crippen LogP contribution in [0.5, 0.6) is 6.01 Å². The van der Waals surface area contributed by atoms with Gasteiger partial charge in [-0.25, -0.2) is 5.84 Å². The van der Waals surface area contributed by atoms with E-state index in [0.29, 0.717) is 23.9 Å². The van der Waals surface area contributed by atoms with E-state index in [1.165, 1.54) is 7.11 Å². The van der Waals surface area contributed by atoms with E-state index >= 15 is 0 Å². The fraction of sp³-hybridized carbons (Fsp3) is 0.727. The molecule has 0 saturated carbocycles. The van der Waals surface area contributed by atoms with Crippen LogP contribution in [0.2, 0.25) is 0 Å². The van der Waals surface area contributed by atoms with Gasteiger partial charge in [0, 0.05) is 12.6 Å². The molecule has 0 amide bonds. The zero-order valence-corrected chi connectivity index (χ0v) is 11.1. The minimum absolute atomic E-state index is 0.280. The molecule has 2 heterocycles. The van der Waals surface area contributed by atoms with Gasteiger partial charge >= 0.3 is 6.01 Å². The number of nitrogens with zero attached hydrogens (tertiary/aromatic N) is 4. The Morgan fingerprint density at radius 2 is 2.17 bits per heavy atom. The van der Waals surface area contributed by atoms with Crippen molar-refractivity contribution in [1.29, 1.82) is 0 Å². The summed E-state index contributed by atoms with van der Waals surface area (Å²) in [7, 11) is 1.53. The third-order valence-electron chi connectivity index (χ3n) is 3.24. The van der Waals surface area contributed by atoms with Crippen LogP contribution in [0.25, 0.3) is 0 Å². The van der Waals surface area contributed by atoms with Crippen molar-refractivity contribution in [2.75, 3.05) is 24.0 Å². The van der Waals surface area contributed by atoms with Crippen LogP contribution in [0.4, 0.5) is 11.9 Å². The lowest BCUT2D eigenvalue weighted by Gasteiger charge is -2.27. The third-order valence-corrected chi connectivity index (χ3v) is 3.24. The van der Waals surface area contributed by atoms with Gasteiger partial charge < -0.3 is 9.64 Å². The molecule has 1 aromatic rings. The molecule has 2 rings (SSSR count). The number of anilines is 2. The second-order valence-electron chi connectivity index (χ2n) is 4.74. The second kappa shape index (κ2) is 5.34. The van der Waals surface area contributed by atoms with E-state index in [-0.39, 0.29) is 6.01 Å². The highest BCUT2D eigenvalue weighted by Gasteiger charge is 2.29. The highest BCUT2D eigenvalue weighted by molar-refractivity contribution is 5.40. The Morgan fingerprint density at radius 1 is 1.39 bits per heavy atom. The first-order valence-electron chi connectivity index (χ1n) is 6.19. The molecule has 100 valence electrons. The van der Waals surface area contributed by atoms with Crippen molar-refractivity contribution in [3.05, 3.63) is 0 Å². The van der Waals surface area contributed by atoms with E-state index < -0.39 is 0 Å². The van der Waals surface area contributed by atoms with Crippen molar-refractivity contribution in [3.8, 4) is 6.01 Å². The standard InChI is InChI=1S/C11H20N6O/c1-7(2)8-5-4-6-17(8)10-13-9(16-12)14-11(15-10)18-3/h7-8H,4-6,12H2,1-3H3,(H,13,14,15,16). The smallest absolute Gasteiger partial charge is 0.322 e. The highest BCUT2D eigenvalue weighted by Crippen LogP contribution is 2.28. The quantitative estimate of drug-likeness (QED) is 0.605. The summed E-state index contributed by atoms with van der Waals surface area (Å²) >= 11 is 0. The molecular formula is C11H20N6O. The predicted molar refractivity (Wildman–Crippen MR) is 69.4 cm³/mol. The van der Waals surface area contributed by atoms with Gasteiger partial charge in [0.05, 0.1) is 7.11 Å². The predicted octanol–water partition coefficient (Wildman–Crippen LogP) is 0.791. The molecule has 18 heavy (non-hydrogen) atoms. The number of hydrogen-bond donors (Lipinski definition) is 2. The molecule has 0 bridgehead atoms. The molecule has 1 unspecified atom stereocenters. The normalized spacial score (nSPS) is 19.4. The van der Waals surface area contributed by atoms with E-state index in [0.717, 1.165) is 19.4 Å². The number of ether oxygens (including phenoxy) is 1. The van der Waals surface area contributed by atoms with Crippen LogP contribution in [0.1, 0.15) is 26.7 Å². The average molecular weight is 252 g/mol. The van der Waals surface area contributed by atoms with Gasteiger partial charge in [-0.15, -0.1) is 0 Å². The van der Waals surface area contributed by atoms with E-state index in [4.69, 9.17) is 10.6 Å². The van der Waals surface area contributed by atoms with Crippen molar-refractivity contribution < 1.29 is 4.74 Å². The first-order valence-corrected chi connectivity index (χ1v) is 6.19. The molecule has 1 aromatic heterocycles. The van der Waals surface area contributed by atoms with Gasteiger partial charge in [0.1, 0.15) is 0 Å². The van der Waals surface area contributed by atoms with Gasteiger partial charge in [-0.05, 0) is 18.8 Å². The van der Waals surface area contributed by atoms with Crippen LogP contribution < -0.4 is 20.9 Å². The van der Waals surface area contributed by atoms with Crippen molar-refractivity contribution in [3.63, 3.8) is 0 Å². The Labute approximate surface area is 107 Å². The summed E-state index contributed by atoms with van der Waals surface area (Å²) in [5.74, 6) is 6.87. The molecule has 7 heteroatoms. The number of hydrogen-bond acceptors (Lipinski definition) is 7. The fourth-order valence-electron chi connectivity index (χ4n) is 2.36. The molecule has 1 saturated heterocycles. The average Bonchev–Trinajstić information content (AvgIpc) is 2.87. The molecule has 7 nitrogen and oxygen atoms in total. The number of rotatable bonds is 4. The maximum Gasteiger partial charge on any atom is 0.322 e. The van der Waals surface area contributed by atoms with Crippen molar-refractivity contribution in [2.45, 2.75) is 32.7 Å².